The van der Waals surface area contributed by atoms with E-state index in [-0.39, 0.29) is 17.7 Å². The van der Waals surface area contributed by atoms with Crippen LogP contribution in [0, 0.1) is 0 Å². The van der Waals surface area contributed by atoms with Crippen molar-refractivity contribution in [3.8, 4) is 5.75 Å². The molecule has 1 unspecified atom stereocenters. The molecule has 2 heterocycles. The number of hydrogen-bond acceptors (Lipinski definition) is 8. The molecule has 28 heavy (non-hydrogen) atoms. The molecule has 0 aliphatic rings. The van der Waals surface area contributed by atoms with Gasteiger partial charge in [0.05, 0.1) is 24.6 Å². The molecule has 0 spiro atoms. The van der Waals surface area contributed by atoms with E-state index >= 15 is 0 Å². The topological polar surface area (TPSA) is 94.0 Å². The van der Waals surface area contributed by atoms with Crippen LogP contribution in [0.2, 0.25) is 0 Å². The smallest absolute Gasteiger partial charge is 0.236 e. The second-order valence-electron chi connectivity index (χ2n) is 5.83. The zero-order valence-electron chi connectivity index (χ0n) is 15.9. The maximum atomic E-state index is 12.1. The molecule has 1 atom stereocenters. The molecule has 1 amide bonds. The summed E-state index contributed by atoms with van der Waals surface area (Å²) in [6, 6.07) is 7.66. The minimum absolute atomic E-state index is 0.0813. The van der Waals surface area contributed by atoms with E-state index in [1.807, 2.05) is 48.1 Å². The number of nitrogens with one attached hydrogen (secondary N) is 2. The summed E-state index contributed by atoms with van der Waals surface area (Å²) in [6.45, 7) is 4.76. The van der Waals surface area contributed by atoms with Crippen LogP contribution in [-0.4, -0.2) is 38.5 Å². The van der Waals surface area contributed by atoms with Crippen molar-refractivity contribution < 1.29 is 9.53 Å². The summed E-state index contributed by atoms with van der Waals surface area (Å²) in [4.78, 5) is 16.1. The molecule has 0 aliphatic heterocycles. The van der Waals surface area contributed by atoms with Crippen LogP contribution in [0.15, 0.2) is 41.0 Å². The van der Waals surface area contributed by atoms with Gasteiger partial charge in [-0.1, -0.05) is 23.9 Å². The van der Waals surface area contributed by atoms with Crippen LogP contribution in [0.5, 0.6) is 5.75 Å². The van der Waals surface area contributed by atoms with E-state index in [1.54, 1.807) is 13.3 Å². The predicted molar refractivity (Wildman–Crippen MR) is 112 cm³/mol. The Kier molecular flexibility index (Phi) is 6.88. The van der Waals surface area contributed by atoms with Crippen LogP contribution in [0.1, 0.15) is 25.7 Å². The number of anilines is 2. The largest absolute Gasteiger partial charge is 0.495 e. The molecular formula is C18H22N6O2S2. The van der Waals surface area contributed by atoms with Crippen LogP contribution in [0.3, 0.4) is 0 Å². The summed E-state index contributed by atoms with van der Waals surface area (Å²) in [5.74, 6) is 1.69. The van der Waals surface area contributed by atoms with E-state index in [0.29, 0.717) is 16.8 Å². The van der Waals surface area contributed by atoms with Gasteiger partial charge in [-0.05, 0) is 26.0 Å². The number of carbonyl (C=O) groups is 1. The van der Waals surface area contributed by atoms with E-state index in [0.717, 1.165) is 17.3 Å². The Morgan fingerprint density at radius 3 is 2.89 bits per heavy atom. The van der Waals surface area contributed by atoms with Crippen molar-refractivity contribution in [2.45, 2.75) is 31.6 Å². The summed E-state index contributed by atoms with van der Waals surface area (Å²) >= 11 is 2.74. The number of para-hydroxylation sites is 2. The standard InChI is InChI=1S/C18H22N6O2S2/c1-4-24-16(12(2)20-13-7-5-6-8-14(13)26-3)22-23-18(24)28-11-15(25)21-17-19-9-10-27-17/h5-10,12,20H,4,11H2,1-3H3,(H,19,21,25). The number of methoxy groups -OCH3 is 1. The number of thiazole rings is 1. The van der Waals surface area contributed by atoms with Crippen LogP contribution in [0.25, 0.3) is 0 Å². The SMILES string of the molecule is CCn1c(SCC(=O)Nc2nccs2)nnc1C(C)Nc1ccccc1OC. The van der Waals surface area contributed by atoms with E-state index in [9.17, 15) is 4.79 Å². The first-order valence-corrected chi connectivity index (χ1v) is 10.6. The zero-order chi connectivity index (χ0) is 19.9. The number of thioether (sulfide) groups is 1. The summed E-state index contributed by atoms with van der Waals surface area (Å²) in [6.07, 6.45) is 1.66. The fraction of sp³-hybridized carbons (Fsp3) is 0.333. The lowest BCUT2D eigenvalue weighted by Gasteiger charge is -2.18. The molecule has 0 saturated carbocycles. The van der Waals surface area contributed by atoms with Crippen LogP contribution in [-0.2, 0) is 11.3 Å². The van der Waals surface area contributed by atoms with Gasteiger partial charge in [0, 0.05) is 18.1 Å². The maximum absolute atomic E-state index is 12.1. The molecular weight excluding hydrogens is 396 g/mol. The molecule has 3 aromatic rings. The Labute approximate surface area is 171 Å². The van der Waals surface area contributed by atoms with Gasteiger partial charge in [-0.15, -0.1) is 21.5 Å². The lowest BCUT2D eigenvalue weighted by Crippen LogP contribution is -2.16. The highest BCUT2D eigenvalue weighted by Gasteiger charge is 2.19. The van der Waals surface area contributed by atoms with Gasteiger partial charge in [0.15, 0.2) is 16.1 Å². The van der Waals surface area contributed by atoms with Crippen molar-refractivity contribution in [1.82, 2.24) is 19.7 Å². The molecule has 0 saturated heterocycles. The summed E-state index contributed by atoms with van der Waals surface area (Å²) in [5.41, 5.74) is 0.889. The molecule has 0 radical (unpaired) electrons. The molecule has 1 aromatic carbocycles. The lowest BCUT2D eigenvalue weighted by atomic mass is 10.2. The number of nitrogens with zero attached hydrogens (tertiary/aromatic N) is 4. The fourth-order valence-corrected chi connectivity index (χ4v) is 4.01. The number of rotatable bonds is 9. The molecule has 3 rings (SSSR count). The Hall–Kier alpha value is -2.59. The van der Waals surface area contributed by atoms with Gasteiger partial charge >= 0.3 is 0 Å². The lowest BCUT2D eigenvalue weighted by molar-refractivity contribution is -0.113. The minimum Gasteiger partial charge on any atom is -0.495 e. The van der Waals surface area contributed by atoms with Crippen molar-refractivity contribution in [3.63, 3.8) is 0 Å². The predicted octanol–water partition coefficient (Wildman–Crippen LogP) is 3.67. The van der Waals surface area contributed by atoms with Gasteiger partial charge in [0.25, 0.3) is 0 Å². The molecule has 0 bridgehead atoms. The summed E-state index contributed by atoms with van der Waals surface area (Å²) in [5, 5.41) is 17.9. The van der Waals surface area contributed by atoms with Crippen LogP contribution >= 0.6 is 23.1 Å². The third-order valence-electron chi connectivity index (χ3n) is 3.94. The highest BCUT2D eigenvalue weighted by atomic mass is 32.2. The molecule has 0 aliphatic carbocycles. The van der Waals surface area contributed by atoms with Gasteiger partial charge < -0.3 is 19.9 Å². The Balaban J connectivity index is 1.66. The first-order valence-electron chi connectivity index (χ1n) is 8.77. The third kappa shape index (κ3) is 4.82. The summed E-state index contributed by atoms with van der Waals surface area (Å²) < 4.78 is 7.40. The third-order valence-corrected chi connectivity index (χ3v) is 5.59. The zero-order valence-corrected chi connectivity index (χ0v) is 17.5. The highest BCUT2D eigenvalue weighted by molar-refractivity contribution is 7.99. The number of amides is 1. The number of ether oxygens (including phenoxy) is 1. The van der Waals surface area contributed by atoms with Crippen LogP contribution in [0.4, 0.5) is 10.8 Å². The summed E-state index contributed by atoms with van der Waals surface area (Å²) in [7, 11) is 1.64. The normalized spacial score (nSPS) is 11.8. The van der Waals surface area contributed by atoms with Crippen molar-refractivity contribution >= 4 is 39.8 Å². The number of benzene rings is 1. The van der Waals surface area contributed by atoms with E-state index < -0.39 is 0 Å². The van der Waals surface area contributed by atoms with Gasteiger partial charge in [-0.3, -0.25) is 4.79 Å². The second-order valence-corrected chi connectivity index (χ2v) is 7.66. The van der Waals surface area contributed by atoms with Gasteiger partial charge in [0.2, 0.25) is 5.91 Å². The fourth-order valence-electron chi connectivity index (χ4n) is 2.66. The van der Waals surface area contributed by atoms with Crippen molar-refractivity contribution in [1.29, 1.82) is 0 Å². The maximum Gasteiger partial charge on any atom is 0.236 e. The Bertz CT molecular complexity index is 913. The number of carbonyl (C=O) groups excluding carboxylic acids is 1. The average Bonchev–Trinajstić information content (AvgIpc) is 3.36. The molecule has 8 nitrogen and oxygen atoms in total. The van der Waals surface area contributed by atoms with Gasteiger partial charge in [-0.25, -0.2) is 4.98 Å². The van der Waals surface area contributed by atoms with Crippen LogP contribution < -0.4 is 15.4 Å². The molecule has 148 valence electrons. The molecule has 2 N–H and O–H groups in total. The first-order chi connectivity index (χ1) is 13.6. The van der Waals surface area contributed by atoms with Gasteiger partial charge in [0.1, 0.15) is 5.75 Å². The Morgan fingerprint density at radius 2 is 2.18 bits per heavy atom. The number of hydrogen-bond donors (Lipinski definition) is 2. The molecule has 0 fully saturated rings. The van der Waals surface area contributed by atoms with Gasteiger partial charge in [-0.2, -0.15) is 0 Å². The highest BCUT2D eigenvalue weighted by Crippen LogP contribution is 2.28. The molecule has 2 aromatic heterocycles. The van der Waals surface area contributed by atoms with Crippen molar-refractivity contribution in [3.05, 3.63) is 41.7 Å². The van der Waals surface area contributed by atoms with Crippen molar-refractivity contribution in [2.24, 2.45) is 0 Å². The number of aromatic nitrogens is 4. The average molecular weight is 419 g/mol. The van der Waals surface area contributed by atoms with E-state index in [2.05, 4.69) is 25.8 Å². The molecule has 10 heteroatoms. The minimum atomic E-state index is -0.118. The first kappa shape index (κ1) is 20.2. The van der Waals surface area contributed by atoms with E-state index in [4.69, 9.17) is 4.74 Å². The monoisotopic (exact) mass is 418 g/mol. The second kappa shape index (κ2) is 9.56. The Morgan fingerprint density at radius 1 is 1.36 bits per heavy atom. The van der Waals surface area contributed by atoms with Crippen molar-refractivity contribution in [2.75, 3.05) is 23.5 Å². The van der Waals surface area contributed by atoms with E-state index in [1.165, 1.54) is 23.1 Å². The quantitative estimate of drug-likeness (QED) is 0.512.